The number of nitrogens with zero attached hydrogens (tertiary/aromatic N) is 1. The number of carbonyl (C=O) groups is 1. The van der Waals surface area contributed by atoms with E-state index in [0.29, 0.717) is 5.57 Å². The lowest BCUT2D eigenvalue weighted by molar-refractivity contribution is -0.130. The zero-order chi connectivity index (χ0) is 15.4. The number of carboxylic acid groups (broad SMARTS) is 1. The fourth-order valence-corrected chi connectivity index (χ4v) is 3.50. The van der Waals surface area contributed by atoms with Gasteiger partial charge in [-0.1, -0.05) is 18.2 Å². The molecule has 0 amide bonds. The van der Waals surface area contributed by atoms with Gasteiger partial charge in [0.25, 0.3) is 0 Å². The first-order valence-corrected chi connectivity index (χ1v) is 8.46. The Bertz CT molecular complexity index is 653. The molecule has 1 N–H and O–H groups in total. The molecule has 3 rings (SSSR count). The van der Waals surface area contributed by atoms with E-state index < -0.39 is 5.97 Å². The van der Waals surface area contributed by atoms with Crippen molar-refractivity contribution in [2.24, 2.45) is 0 Å². The standard InChI is InChI=1S/C18H19NO2S/c20-18(21)16(17-5-4-12-22-17)13-14-6-8-15(9-7-14)19-10-2-1-3-11-19/h4-9,12-13H,1-3,10-11H2,(H,20,21)/b16-13-. The van der Waals surface area contributed by atoms with Gasteiger partial charge in [0.1, 0.15) is 0 Å². The molecule has 0 unspecified atom stereocenters. The van der Waals surface area contributed by atoms with Crippen molar-refractivity contribution in [1.29, 1.82) is 0 Å². The summed E-state index contributed by atoms with van der Waals surface area (Å²) in [6.07, 6.45) is 5.57. The molecule has 0 radical (unpaired) electrons. The van der Waals surface area contributed by atoms with Crippen LogP contribution < -0.4 is 4.90 Å². The van der Waals surface area contributed by atoms with Gasteiger partial charge < -0.3 is 10.0 Å². The number of piperidine rings is 1. The average molecular weight is 313 g/mol. The van der Waals surface area contributed by atoms with Crippen LogP contribution in [0.1, 0.15) is 29.7 Å². The number of anilines is 1. The van der Waals surface area contributed by atoms with E-state index in [0.717, 1.165) is 23.5 Å². The van der Waals surface area contributed by atoms with Crippen LogP contribution in [0.2, 0.25) is 0 Å². The summed E-state index contributed by atoms with van der Waals surface area (Å²) >= 11 is 1.45. The van der Waals surface area contributed by atoms with E-state index in [1.165, 1.54) is 36.3 Å². The summed E-state index contributed by atoms with van der Waals surface area (Å²) in [6, 6.07) is 11.9. The average Bonchev–Trinajstić information content (AvgIpc) is 3.08. The molecule has 2 aromatic rings. The smallest absolute Gasteiger partial charge is 0.337 e. The summed E-state index contributed by atoms with van der Waals surface area (Å²) < 4.78 is 0. The molecule has 0 aliphatic carbocycles. The van der Waals surface area contributed by atoms with Crippen LogP contribution in [0.3, 0.4) is 0 Å². The van der Waals surface area contributed by atoms with E-state index >= 15 is 0 Å². The van der Waals surface area contributed by atoms with Gasteiger partial charge in [-0.15, -0.1) is 11.3 Å². The Morgan fingerprint density at radius 3 is 2.41 bits per heavy atom. The fourth-order valence-electron chi connectivity index (χ4n) is 2.77. The molecule has 4 heteroatoms. The van der Waals surface area contributed by atoms with Crippen molar-refractivity contribution in [2.45, 2.75) is 19.3 Å². The maximum atomic E-state index is 11.4. The van der Waals surface area contributed by atoms with Crippen molar-refractivity contribution in [3.63, 3.8) is 0 Å². The van der Waals surface area contributed by atoms with Crippen molar-refractivity contribution >= 4 is 34.6 Å². The Balaban J connectivity index is 1.82. The zero-order valence-corrected chi connectivity index (χ0v) is 13.2. The molecule has 0 atom stereocenters. The molecule has 3 nitrogen and oxygen atoms in total. The molecular formula is C18H19NO2S. The molecule has 22 heavy (non-hydrogen) atoms. The van der Waals surface area contributed by atoms with Gasteiger partial charge in [0, 0.05) is 23.7 Å². The number of benzene rings is 1. The van der Waals surface area contributed by atoms with Crippen LogP contribution in [0, 0.1) is 0 Å². The van der Waals surface area contributed by atoms with E-state index in [1.54, 1.807) is 6.08 Å². The van der Waals surface area contributed by atoms with Crippen molar-refractivity contribution in [3.8, 4) is 0 Å². The van der Waals surface area contributed by atoms with Gasteiger partial charge in [-0.25, -0.2) is 4.79 Å². The number of hydrogen-bond donors (Lipinski definition) is 1. The van der Waals surface area contributed by atoms with Crippen molar-refractivity contribution in [1.82, 2.24) is 0 Å². The molecule has 114 valence electrons. The van der Waals surface area contributed by atoms with E-state index in [4.69, 9.17) is 0 Å². The normalized spacial score (nSPS) is 15.8. The summed E-state index contributed by atoms with van der Waals surface area (Å²) in [4.78, 5) is 14.6. The Hall–Kier alpha value is -2.07. The minimum atomic E-state index is -0.887. The quantitative estimate of drug-likeness (QED) is 0.852. The second kappa shape index (κ2) is 6.79. The van der Waals surface area contributed by atoms with Crippen LogP contribution in [0.15, 0.2) is 41.8 Å². The van der Waals surface area contributed by atoms with Gasteiger partial charge in [-0.2, -0.15) is 0 Å². The maximum Gasteiger partial charge on any atom is 0.337 e. The molecule has 1 saturated heterocycles. The highest BCUT2D eigenvalue weighted by Crippen LogP contribution is 2.25. The molecule has 1 aliphatic rings. The van der Waals surface area contributed by atoms with Crippen LogP contribution >= 0.6 is 11.3 Å². The second-order valence-corrected chi connectivity index (χ2v) is 6.43. The SMILES string of the molecule is O=C(O)/C(=C\c1ccc(N2CCCCC2)cc1)c1cccs1. The maximum absolute atomic E-state index is 11.4. The predicted molar refractivity (Wildman–Crippen MR) is 92.3 cm³/mol. The van der Waals surface area contributed by atoms with E-state index in [-0.39, 0.29) is 0 Å². The lowest BCUT2D eigenvalue weighted by atomic mass is 10.1. The molecule has 1 fully saturated rings. The number of thiophene rings is 1. The summed E-state index contributed by atoms with van der Waals surface area (Å²) in [7, 11) is 0. The molecule has 0 bridgehead atoms. The van der Waals surface area contributed by atoms with Gasteiger partial charge in [0.15, 0.2) is 0 Å². The number of rotatable bonds is 4. The zero-order valence-electron chi connectivity index (χ0n) is 12.4. The van der Waals surface area contributed by atoms with Gasteiger partial charge >= 0.3 is 5.97 Å². The lowest BCUT2D eigenvalue weighted by Crippen LogP contribution is -2.29. The molecular weight excluding hydrogens is 294 g/mol. The third-order valence-electron chi connectivity index (χ3n) is 3.94. The van der Waals surface area contributed by atoms with Crippen LogP contribution in [0.4, 0.5) is 5.69 Å². The van der Waals surface area contributed by atoms with Crippen LogP contribution in [-0.4, -0.2) is 24.2 Å². The minimum Gasteiger partial charge on any atom is -0.478 e. The van der Waals surface area contributed by atoms with E-state index in [9.17, 15) is 9.90 Å². The number of hydrogen-bond acceptors (Lipinski definition) is 3. The summed E-state index contributed by atoms with van der Waals surface area (Å²) in [5.41, 5.74) is 2.50. The first kappa shape index (κ1) is 14.9. The topological polar surface area (TPSA) is 40.5 Å². The molecule has 0 saturated carbocycles. The van der Waals surface area contributed by atoms with Gasteiger partial charge in [-0.05, 0) is 54.5 Å². The Labute approximate surface area is 134 Å². The third kappa shape index (κ3) is 3.39. The number of carboxylic acids is 1. The summed E-state index contributed by atoms with van der Waals surface area (Å²) in [6.45, 7) is 2.23. The monoisotopic (exact) mass is 313 g/mol. The van der Waals surface area contributed by atoms with Gasteiger partial charge in [-0.3, -0.25) is 0 Å². The molecule has 1 aromatic heterocycles. The van der Waals surface area contributed by atoms with Crippen LogP contribution in [0.25, 0.3) is 11.6 Å². The van der Waals surface area contributed by atoms with E-state index in [1.807, 2.05) is 29.6 Å². The van der Waals surface area contributed by atoms with Crippen LogP contribution in [0.5, 0.6) is 0 Å². The molecule has 0 spiro atoms. The highest BCUT2D eigenvalue weighted by atomic mass is 32.1. The third-order valence-corrected chi connectivity index (χ3v) is 4.85. The first-order valence-electron chi connectivity index (χ1n) is 7.58. The molecule has 1 aliphatic heterocycles. The summed E-state index contributed by atoms with van der Waals surface area (Å²) in [5, 5.41) is 11.3. The fraction of sp³-hybridized carbons (Fsp3) is 0.278. The first-order chi connectivity index (χ1) is 10.7. The molecule has 1 aromatic carbocycles. The Kier molecular flexibility index (Phi) is 4.59. The van der Waals surface area contributed by atoms with Crippen LogP contribution in [-0.2, 0) is 4.79 Å². The Morgan fingerprint density at radius 1 is 1.09 bits per heavy atom. The summed E-state index contributed by atoms with van der Waals surface area (Å²) in [5.74, 6) is -0.887. The van der Waals surface area contributed by atoms with Gasteiger partial charge in [0.05, 0.1) is 5.57 Å². The van der Waals surface area contributed by atoms with E-state index in [2.05, 4.69) is 17.0 Å². The van der Waals surface area contributed by atoms with Gasteiger partial charge in [0.2, 0.25) is 0 Å². The minimum absolute atomic E-state index is 0.348. The highest BCUT2D eigenvalue weighted by Gasteiger charge is 2.12. The predicted octanol–water partition coefficient (Wildman–Crippen LogP) is 4.36. The second-order valence-electron chi connectivity index (χ2n) is 5.48. The largest absolute Gasteiger partial charge is 0.478 e. The van der Waals surface area contributed by atoms with Crippen molar-refractivity contribution < 1.29 is 9.90 Å². The highest BCUT2D eigenvalue weighted by molar-refractivity contribution is 7.11. The molecule has 2 heterocycles. The Morgan fingerprint density at radius 2 is 1.82 bits per heavy atom. The number of aliphatic carboxylic acids is 1. The van der Waals surface area contributed by atoms with Crippen molar-refractivity contribution in [3.05, 3.63) is 52.2 Å². The van der Waals surface area contributed by atoms with Crippen molar-refractivity contribution in [2.75, 3.05) is 18.0 Å². The lowest BCUT2D eigenvalue weighted by Gasteiger charge is -2.28.